The van der Waals surface area contributed by atoms with Crippen molar-refractivity contribution in [3.05, 3.63) is 48.4 Å². The fourth-order valence-corrected chi connectivity index (χ4v) is 2.57. The molecule has 2 amide bonds. The van der Waals surface area contributed by atoms with Crippen molar-refractivity contribution in [2.24, 2.45) is 5.92 Å². The maximum Gasteiger partial charge on any atom is 0.319 e. The molecule has 2 atom stereocenters. The number of benzene rings is 1. The summed E-state index contributed by atoms with van der Waals surface area (Å²) in [5, 5.41) is 14.8. The van der Waals surface area contributed by atoms with E-state index in [4.69, 9.17) is 9.52 Å². The lowest BCUT2D eigenvalue weighted by Crippen LogP contribution is -2.36. The molecule has 6 nitrogen and oxygen atoms in total. The van der Waals surface area contributed by atoms with Crippen LogP contribution in [0.25, 0.3) is 11.5 Å². The molecule has 23 heavy (non-hydrogen) atoms. The first-order valence-corrected chi connectivity index (χ1v) is 7.53. The smallest absolute Gasteiger partial charge is 0.319 e. The highest BCUT2D eigenvalue weighted by atomic mass is 16.3. The van der Waals surface area contributed by atoms with Crippen molar-refractivity contribution < 1.29 is 14.3 Å². The monoisotopic (exact) mass is 313 g/mol. The summed E-state index contributed by atoms with van der Waals surface area (Å²) in [7, 11) is 0. The first kappa shape index (κ1) is 15.3. The molecule has 1 aliphatic carbocycles. The molecular formula is C17H19N3O3. The molecule has 120 valence electrons. The fourth-order valence-electron chi connectivity index (χ4n) is 2.57. The van der Waals surface area contributed by atoms with Gasteiger partial charge < -0.3 is 20.2 Å². The van der Waals surface area contributed by atoms with Crippen molar-refractivity contribution in [1.29, 1.82) is 0 Å². The Bertz CT molecular complexity index is 723. The minimum absolute atomic E-state index is 0.0512. The molecule has 3 N–H and O–H groups in total. The van der Waals surface area contributed by atoms with Crippen molar-refractivity contribution in [3.8, 4) is 11.5 Å². The van der Waals surface area contributed by atoms with Crippen LogP contribution in [-0.4, -0.2) is 28.8 Å². The lowest BCUT2D eigenvalue weighted by Gasteiger charge is -2.13. The first-order valence-electron chi connectivity index (χ1n) is 7.53. The van der Waals surface area contributed by atoms with Crippen LogP contribution in [0.2, 0.25) is 0 Å². The molecule has 1 aromatic carbocycles. The summed E-state index contributed by atoms with van der Waals surface area (Å²) in [6, 6.07) is 7.00. The Morgan fingerprint density at radius 3 is 3.00 bits per heavy atom. The zero-order valence-corrected chi connectivity index (χ0v) is 12.8. The van der Waals surface area contributed by atoms with Crippen LogP contribution in [0.15, 0.2) is 47.1 Å². The molecule has 1 aromatic heterocycles. The number of hydrogen-bond acceptors (Lipinski definition) is 4. The van der Waals surface area contributed by atoms with Crippen LogP contribution in [0, 0.1) is 12.8 Å². The topological polar surface area (TPSA) is 87.4 Å². The highest BCUT2D eigenvalue weighted by molar-refractivity contribution is 5.90. The van der Waals surface area contributed by atoms with Crippen LogP contribution in [0.4, 0.5) is 10.5 Å². The predicted octanol–water partition coefficient (Wildman–Crippen LogP) is 2.71. The van der Waals surface area contributed by atoms with Gasteiger partial charge in [-0.2, -0.15) is 0 Å². The number of oxazole rings is 1. The summed E-state index contributed by atoms with van der Waals surface area (Å²) in [5.41, 5.74) is 2.27. The van der Waals surface area contributed by atoms with E-state index in [1.165, 1.54) is 0 Å². The van der Waals surface area contributed by atoms with Gasteiger partial charge in [0.1, 0.15) is 6.26 Å². The van der Waals surface area contributed by atoms with Gasteiger partial charge in [-0.15, -0.1) is 0 Å². The molecule has 1 aliphatic rings. The van der Waals surface area contributed by atoms with Crippen molar-refractivity contribution >= 4 is 11.7 Å². The van der Waals surface area contributed by atoms with Crippen LogP contribution in [0.1, 0.15) is 12.1 Å². The number of aromatic nitrogens is 1. The highest BCUT2D eigenvalue weighted by Crippen LogP contribution is 2.22. The third kappa shape index (κ3) is 3.78. The zero-order chi connectivity index (χ0) is 16.2. The van der Waals surface area contributed by atoms with E-state index in [-0.39, 0.29) is 24.6 Å². The van der Waals surface area contributed by atoms with E-state index in [1.807, 2.05) is 37.3 Å². The average molecular weight is 313 g/mol. The number of amides is 2. The van der Waals surface area contributed by atoms with Gasteiger partial charge in [0.2, 0.25) is 5.89 Å². The number of aliphatic hydroxyl groups excluding tert-OH is 1. The Hall–Kier alpha value is -2.60. The molecule has 0 saturated carbocycles. The van der Waals surface area contributed by atoms with Crippen molar-refractivity contribution in [1.82, 2.24) is 10.3 Å². The van der Waals surface area contributed by atoms with Crippen LogP contribution < -0.4 is 10.6 Å². The summed E-state index contributed by atoms with van der Waals surface area (Å²) in [5.74, 6) is 0.646. The molecule has 0 unspecified atom stereocenters. The fraction of sp³-hybridized carbons (Fsp3) is 0.294. The van der Waals surface area contributed by atoms with Gasteiger partial charge in [0.15, 0.2) is 0 Å². The van der Waals surface area contributed by atoms with Crippen LogP contribution in [-0.2, 0) is 0 Å². The Morgan fingerprint density at radius 1 is 1.43 bits per heavy atom. The Morgan fingerprint density at radius 2 is 2.30 bits per heavy atom. The molecule has 3 rings (SSSR count). The van der Waals surface area contributed by atoms with Gasteiger partial charge in [-0.05, 0) is 31.5 Å². The molecule has 0 spiro atoms. The van der Waals surface area contributed by atoms with E-state index in [1.54, 1.807) is 12.3 Å². The van der Waals surface area contributed by atoms with E-state index < -0.39 is 0 Å². The number of nitrogens with zero attached hydrogens (tertiary/aromatic N) is 1. The van der Waals surface area contributed by atoms with Gasteiger partial charge in [-0.25, -0.2) is 9.78 Å². The number of aryl methyl sites for hydroxylation is 1. The lowest BCUT2D eigenvalue weighted by atomic mass is 10.1. The summed E-state index contributed by atoms with van der Waals surface area (Å²) in [4.78, 5) is 16.3. The van der Waals surface area contributed by atoms with Gasteiger partial charge in [-0.3, -0.25) is 0 Å². The standard InChI is InChI=1S/C17H19N3O3/c1-11-10-23-16(18-11)13-3-2-4-14(8-13)19-17(22)20-15-6-5-12(7-15)9-21/h2-6,8,10,12,15,21H,7,9H2,1H3,(H2,19,20,22)/t12-,15+/m0/s1. The third-order valence-electron chi connectivity index (χ3n) is 3.71. The number of carbonyl (C=O) groups is 1. The molecule has 0 aliphatic heterocycles. The van der Waals surface area contributed by atoms with Crippen molar-refractivity contribution in [3.63, 3.8) is 0 Å². The molecule has 6 heteroatoms. The normalized spacial score (nSPS) is 19.7. The first-order chi connectivity index (χ1) is 11.1. The van der Waals surface area contributed by atoms with Crippen LogP contribution >= 0.6 is 0 Å². The average Bonchev–Trinajstić information content (AvgIpc) is 3.16. The number of aliphatic hydroxyl groups is 1. The quantitative estimate of drug-likeness (QED) is 0.757. The number of rotatable bonds is 4. The van der Waals surface area contributed by atoms with E-state index in [0.29, 0.717) is 11.6 Å². The second kappa shape index (κ2) is 6.66. The van der Waals surface area contributed by atoms with E-state index >= 15 is 0 Å². The Kier molecular flexibility index (Phi) is 4.43. The number of anilines is 1. The highest BCUT2D eigenvalue weighted by Gasteiger charge is 2.19. The maximum atomic E-state index is 12.1. The molecule has 0 radical (unpaired) electrons. The van der Waals surface area contributed by atoms with E-state index in [0.717, 1.165) is 17.7 Å². The minimum atomic E-state index is -0.279. The van der Waals surface area contributed by atoms with Gasteiger partial charge in [-0.1, -0.05) is 18.2 Å². The van der Waals surface area contributed by atoms with Gasteiger partial charge in [0, 0.05) is 29.8 Å². The van der Waals surface area contributed by atoms with Gasteiger partial charge >= 0.3 is 6.03 Å². The lowest BCUT2D eigenvalue weighted by molar-refractivity contribution is 0.238. The SMILES string of the molecule is Cc1coc(-c2cccc(NC(=O)N[C@@H]3C=C[C@H](CO)C3)c2)n1. The zero-order valence-electron chi connectivity index (χ0n) is 12.8. The summed E-state index contributed by atoms with van der Waals surface area (Å²) in [6.45, 7) is 1.96. The Balaban J connectivity index is 1.62. The summed E-state index contributed by atoms with van der Waals surface area (Å²) in [6.07, 6.45) is 6.15. The van der Waals surface area contributed by atoms with Crippen LogP contribution in [0.3, 0.4) is 0 Å². The van der Waals surface area contributed by atoms with Gasteiger partial charge in [0.05, 0.1) is 5.69 Å². The number of nitrogens with one attached hydrogen (secondary N) is 2. The summed E-state index contributed by atoms with van der Waals surface area (Å²) < 4.78 is 5.37. The molecule has 0 fully saturated rings. The molecular weight excluding hydrogens is 294 g/mol. The molecule has 2 aromatic rings. The predicted molar refractivity (Wildman–Crippen MR) is 87.0 cm³/mol. The number of carbonyl (C=O) groups excluding carboxylic acids is 1. The molecule has 0 bridgehead atoms. The van der Waals surface area contributed by atoms with Gasteiger partial charge in [0.25, 0.3) is 0 Å². The van der Waals surface area contributed by atoms with Crippen molar-refractivity contribution in [2.45, 2.75) is 19.4 Å². The largest absolute Gasteiger partial charge is 0.444 e. The second-order valence-electron chi connectivity index (χ2n) is 5.64. The maximum absolute atomic E-state index is 12.1. The third-order valence-corrected chi connectivity index (χ3v) is 3.71. The second-order valence-corrected chi connectivity index (χ2v) is 5.64. The molecule has 0 saturated heterocycles. The molecule has 1 heterocycles. The summed E-state index contributed by atoms with van der Waals surface area (Å²) >= 11 is 0. The van der Waals surface area contributed by atoms with Crippen LogP contribution in [0.5, 0.6) is 0 Å². The Labute approximate surface area is 134 Å². The minimum Gasteiger partial charge on any atom is -0.444 e. The number of hydrogen-bond donors (Lipinski definition) is 3. The van der Waals surface area contributed by atoms with Crippen molar-refractivity contribution in [2.75, 3.05) is 11.9 Å². The van der Waals surface area contributed by atoms with E-state index in [2.05, 4.69) is 15.6 Å². The van der Waals surface area contributed by atoms with E-state index in [9.17, 15) is 4.79 Å². The number of urea groups is 1.